The summed E-state index contributed by atoms with van der Waals surface area (Å²) < 4.78 is 30.7. The number of amides is 1. The third-order valence-electron chi connectivity index (χ3n) is 4.63. The standard InChI is InChI=1S/C18H28N2O4S/c1-4-24-17-8-6-15(7-9-17)14(3)19-18(21)16-10-12-20(13-11-16)25(22,23)5-2/h6-9,14,16H,4-5,10-13H2,1-3H3,(H,19,21). The molecule has 0 bridgehead atoms. The van der Waals surface area contributed by atoms with Crippen LogP contribution in [0.2, 0.25) is 0 Å². The third kappa shape index (κ3) is 5.19. The van der Waals surface area contributed by atoms with E-state index in [0.717, 1.165) is 11.3 Å². The van der Waals surface area contributed by atoms with Crippen LogP contribution >= 0.6 is 0 Å². The van der Waals surface area contributed by atoms with Crippen molar-refractivity contribution >= 4 is 15.9 Å². The van der Waals surface area contributed by atoms with Crippen molar-refractivity contribution < 1.29 is 17.9 Å². The average Bonchev–Trinajstić information content (AvgIpc) is 2.62. The molecule has 6 nitrogen and oxygen atoms in total. The summed E-state index contributed by atoms with van der Waals surface area (Å²) in [5, 5.41) is 3.04. The second-order valence-corrected chi connectivity index (χ2v) is 8.56. The number of rotatable bonds is 7. The maximum Gasteiger partial charge on any atom is 0.223 e. The minimum atomic E-state index is -3.16. The van der Waals surface area contributed by atoms with Gasteiger partial charge in [0.1, 0.15) is 5.75 Å². The predicted molar refractivity (Wildman–Crippen MR) is 97.9 cm³/mol. The zero-order chi connectivity index (χ0) is 18.4. The maximum atomic E-state index is 12.5. The van der Waals surface area contributed by atoms with Gasteiger partial charge in [0.25, 0.3) is 0 Å². The fourth-order valence-corrected chi connectivity index (χ4v) is 4.15. The molecule has 0 saturated carbocycles. The normalized spacial score (nSPS) is 17.9. The van der Waals surface area contributed by atoms with Gasteiger partial charge in [-0.25, -0.2) is 12.7 Å². The third-order valence-corrected chi connectivity index (χ3v) is 6.51. The summed E-state index contributed by atoms with van der Waals surface area (Å²) in [4.78, 5) is 12.5. The molecule has 1 saturated heterocycles. The highest BCUT2D eigenvalue weighted by Crippen LogP contribution is 2.22. The van der Waals surface area contributed by atoms with E-state index in [-0.39, 0.29) is 23.6 Å². The molecule has 0 aromatic heterocycles. The Kier molecular flexibility index (Phi) is 6.84. The molecule has 1 fully saturated rings. The van der Waals surface area contributed by atoms with Crippen molar-refractivity contribution in [3.8, 4) is 5.75 Å². The van der Waals surface area contributed by atoms with Crippen molar-refractivity contribution in [2.75, 3.05) is 25.4 Å². The lowest BCUT2D eigenvalue weighted by atomic mass is 9.96. The smallest absolute Gasteiger partial charge is 0.223 e. The molecule has 1 N–H and O–H groups in total. The van der Waals surface area contributed by atoms with E-state index in [9.17, 15) is 13.2 Å². The second-order valence-electron chi connectivity index (χ2n) is 6.31. The van der Waals surface area contributed by atoms with Crippen molar-refractivity contribution in [2.24, 2.45) is 5.92 Å². The fraction of sp³-hybridized carbons (Fsp3) is 0.611. The van der Waals surface area contributed by atoms with Gasteiger partial charge in [0.2, 0.25) is 15.9 Å². The van der Waals surface area contributed by atoms with E-state index >= 15 is 0 Å². The summed E-state index contributed by atoms with van der Waals surface area (Å²) in [6.07, 6.45) is 1.14. The van der Waals surface area contributed by atoms with Gasteiger partial charge < -0.3 is 10.1 Å². The summed E-state index contributed by atoms with van der Waals surface area (Å²) in [5.74, 6) is 0.788. The number of carbonyl (C=O) groups is 1. The number of nitrogens with zero attached hydrogens (tertiary/aromatic N) is 1. The Morgan fingerprint density at radius 2 is 1.84 bits per heavy atom. The summed E-state index contributed by atoms with van der Waals surface area (Å²) in [5.41, 5.74) is 1.02. The zero-order valence-electron chi connectivity index (χ0n) is 15.2. The first-order valence-electron chi connectivity index (χ1n) is 8.88. The van der Waals surface area contributed by atoms with Crippen molar-refractivity contribution in [1.82, 2.24) is 9.62 Å². The molecule has 1 aromatic rings. The van der Waals surface area contributed by atoms with Gasteiger partial charge in [-0.05, 0) is 51.3 Å². The van der Waals surface area contributed by atoms with Gasteiger partial charge in [-0.3, -0.25) is 4.79 Å². The van der Waals surface area contributed by atoms with Crippen molar-refractivity contribution in [1.29, 1.82) is 0 Å². The Hall–Kier alpha value is -1.60. The summed E-state index contributed by atoms with van der Waals surface area (Å²) >= 11 is 0. The van der Waals surface area contributed by atoms with Crippen LogP contribution in [0.25, 0.3) is 0 Å². The van der Waals surface area contributed by atoms with E-state index in [1.54, 1.807) is 6.92 Å². The van der Waals surface area contributed by atoms with Crippen LogP contribution in [-0.2, 0) is 14.8 Å². The van der Waals surface area contributed by atoms with Crippen LogP contribution in [0.3, 0.4) is 0 Å². The monoisotopic (exact) mass is 368 g/mol. The van der Waals surface area contributed by atoms with Gasteiger partial charge in [0.15, 0.2) is 0 Å². The Bertz CT molecular complexity index is 665. The van der Waals surface area contributed by atoms with Crippen LogP contribution in [0, 0.1) is 5.92 Å². The van der Waals surface area contributed by atoms with Crippen LogP contribution in [-0.4, -0.2) is 44.1 Å². The number of hydrogen-bond donors (Lipinski definition) is 1. The highest BCUT2D eigenvalue weighted by molar-refractivity contribution is 7.89. The number of carbonyl (C=O) groups excluding carboxylic acids is 1. The molecule has 1 aromatic carbocycles. The topological polar surface area (TPSA) is 75.7 Å². The van der Waals surface area contributed by atoms with Gasteiger partial charge in [-0.1, -0.05) is 12.1 Å². The zero-order valence-corrected chi connectivity index (χ0v) is 16.0. The minimum absolute atomic E-state index is 0.00469. The van der Waals surface area contributed by atoms with Crippen LogP contribution in [0.1, 0.15) is 45.2 Å². The van der Waals surface area contributed by atoms with Crippen LogP contribution in [0.15, 0.2) is 24.3 Å². The second kappa shape index (κ2) is 8.67. The Balaban J connectivity index is 1.87. The van der Waals surface area contributed by atoms with Crippen molar-refractivity contribution in [2.45, 2.75) is 39.7 Å². The van der Waals surface area contributed by atoms with E-state index in [2.05, 4.69) is 5.32 Å². The Labute approximate surface area is 150 Å². The minimum Gasteiger partial charge on any atom is -0.494 e. The molecule has 0 radical (unpaired) electrons. The van der Waals surface area contributed by atoms with E-state index < -0.39 is 10.0 Å². The molecule has 140 valence electrons. The summed E-state index contributed by atoms with van der Waals surface area (Å²) in [6, 6.07) is 7.60. The molecule has 2 rings (SSSR count). The molecule has 1 amide bonds. The summed E-state index contributed by atoms with van der Waals surface area (Å²) in [7, 11) is -3.16. The Morgan fingerprint density at radius 3 is 2.36 bits per heavy atom. The van der Waals surface area contributed by atoms with Gasteiger partial charge in [0, 0.05) is 19.0 Å². The van der Waals surface area contributed by atoms with Crippen LogP contribution in [0.4, 0.5) is 0 Å². The lowest BCUT2D eigenvalue weighted by Crippen LogP contribution is -2.43. The van der Waals surface area contributed by atoms with Gasteiger partial charge in [0.05, 0.1) is 18.4 Å². The SMILES string of the molecule is CCOc1ccc(C(C)NC(=O)C2CCN(S(=O)(=O)CC)CC2)cc1. The number of hydrogen-bond acceptors (Lipinski definition) is 4. The number of piperidine rings is 1. The highest BCUT2D eigenvalue weighted by Gasteiger charge is 2.30. The summed E-state index contributed by atoms with van der Waals surface area (Å²) in [6.45, 7) is 7.00. The molecule has 7 heteroatoms. The molecule has 1 aliphatic heterocycles. The van der Waals surface area contributed by atoms with Gasteiger partial charge >= 0.3 is 0 Å². The molecule has 1 heterocycles. The van der Waals surface area contributed by atoms with Gasteiger partial charge in [-0.2, -0.15) is 0 Å². The first kappa shape index (κ1) is 19.7. The first-order valence-corrected chi connectivity index (χ1v) is 10.5. The van der Waals surface area contributed by atoms with E-state index in [1.165, 1.54) is 4.31 Å². The number of benzene rings is 1. The fourth-order valence-electron chi connectivity index (χ4n) is 3.01. The number of nitrogens with one attached hydrogen (secondary N) is 1. The Morgan fingerprint density at radius 1 is 1.24 bits per heavy atom. The maximum absolute atomic E-state index is 12.5. The molecule has 0 spiro atoms. The lowest BCUT2D eigenvalue weighted by molar-refractivity contribution is -0.126. The molecular weight excluding hydrogens is 340 g/mol. The van der Waals surface area contributed by atoms with Crippen molar-refractivity contribution in [3.63, 3.8) is 0 Å². The largest absolute Gasteiger partial charge is 0.494 e. The van der Waals surface area contributed by atoms with Gasteiger partial charge in [-0.15, -0.1) is 0 Å². The van der Waals surface area contributed by atoms with E-state index in [4.69, 9.17) is 4.74 Å². The van der Waals surface area contributed by atoms with E-state index in [1.807, 2.05) is 38.1 Å². The lowest BCUT2D eigenvalue weighted by Gasteiger charge is -2.31. The van der Waals surface area contributed by atoms with Crippen LogP contribution < -0.4 is 10.1 Å². The molecule has 0 aliphatic carbocycles. The molecule has 1 unspecified atom stereocenters. The average molecular weight is 368 g/mol. The highest BCUT2D eigenvalue weighted by atomic mass is 32.2. The quantitative estimate of drug-likeness (QED) is 0.801. The molecule has 1 atom stereocenters. The number of ether oxygens (including phenoxy) is 1. The number of sulfonamides is 1. The first-order chi connectivity index (χ1) is 11.9. The molecule has 1 aliphatic rings. The van der Waals surface area contributed by atoms with E-state index in [0.29, 0.717) is 32.5 Å². The molecule has 25 heavy (non-hydrogen) atoms. The van der Waals surface area contributed by atoms with Crippen LogP contribution in [0.5, 0.6) is 5.75 Å². The predicted octanol–water partition coefficient (Wildman–Crippen LogP) is 2.32. The van der Waals surface area contributed by atoms with Crippen molar-refractivity contribution in [3.05, 3.63) is 29.8 Å². The molecular formula is C18H28N2O4S.